The van der Waals surface area contributed by atoms with Crippen LogP contribution in [0.2, 0.25) is 0 Å². The van der Waals surface area contributed by atoms with Crippen molar-refractivity contribution in [1.29, 1.82) is 0 Å². The summed E-state index contributed by atoms with van der Waals surface area (Å²) in [7, 11) is 0. The second-order valence-electron chi connectivity index (χ2n) is 4.65. The van der Waals surface area contributed by atoms with Crippen molar-refractivity contribution in [3.63, 3.8) is 0 Å². The molecule has 0 fully saturated rings. The minimum absolute atomic E-state index is 0.203. The van der Waals surface area contributed by atoms with E-state index in [-0.39, 0.29) is 12.5 Å². The molecule has 1 aromatic heterocycles. The standard InChI is InChI=1S/C15H16N4O3/c20-14(16-8-9-19-15-17-6-3-7-18-15)13-10-21-11-4-1-2-5-12(11)22-13/h1-7,13H,8-10H2,(H,16,20)(H,17,18,19)/t13-/m1/s1. The van der Waals surface area contributed by atoms with E-state index in [1.54, 1.807) is 24.5 Å². The highest BCUT2D eigenvalue weighted by atomic mass is 16.6. The van der Waals surface area contributed by atoms with Crippen molar-refractivity contribution in [3.05, 3.63) is 42.7 Å². The second kappa shape index (κ2) is 6.75. The topological polar surface area (TPSA) is 85.4 Å². The molecule has 0 radical (unpaired) electrons. The molecule has 0 saturated carbocycles. The molecule has 0 unspecified atom stereocenters. The average molecular weight is 300 g/mol. The van der Waals surface area contributed by atoms with Crippen LogP contribution < -0.4 is 20.1 Å². The molecule has 1 atom stereocenters. The van der Waals surface area contributed by atoms with E-state index >= 15 is 0 Å². The summed E-state index contributed by atoms with van der Waals surface area (Å²) in [4.78, 5) is 20.1. The Hall–Kier alpha value is -2.83. The summed E-state index contributed by atoms with van der Waals surface area (Å²) < 4.78 is 11.1. The number of rotatable bonds is 5. The fourth-order valence-corrected chi connectivity index (χ4v) is 2.01. The lowest BCUT2D eigenvalue weighted by molar-refractivity contribution is -0.130. The summed E-state index contributed by atoms with van der Waals surface area (Å²) in [5.74, 6) is 1.58. The molecule has 0 spiro atoms. The average Bonchev–Trinajstić information content (AvgIpc) is 2.59. The zero-order valence-corrected chi connectivity index (χ0v) is 11.9. The van der Waals surface area contributed by atoms with Crippen LogP contribution >= 0.6 is 0 Å². The smallest absolute Gasteiger partial charge is 0.264 e. The summed E-state index contributed by atoms with van der Waals surface area (Å²) in [5, 5.41) is 5.80. The zero-order chi connectivity index (χ0) is 15.2. The molecule has 2 aromatic rings. The van der Waals surface area contributed by atoms with E-state index < -0.39 is 6.10 Å². The molecule has 2 heterocycles. The van der Waals surface area contributed by atoms with Crippen LogP contribution in [0.15, 0.2) is 42.7 Å². The van der Waals surface area contributed by atoms with Crippen LogP contribution in [0.5, 0.6) is 11.5 Å². The van der Waals surface area contributed by atoms with Crippen LogP contribution in [0, 0.1) is 0 Å². The maximum absolute atomic E-state index is 12.0. The lowest BCUT2D eigenvalue weighted by atomic mass is 10.2. The molecular formula is C15H16N4O3. The van der Waals surface area contributed by atoms with E-state index in [1.165, 1.54) is 0 Å². The fraction of sp³-hybridized carbons (Fsp3) is 0.267. The molecule has 3 rings (SSSR count). The van der Waals surface area contributed by atoms with E-state index in [4.69, 9.17) is 9.47 Å². The van der Waals surface area contributed by atoms with E-state index in [2.05, 4.69) is 20.6 Å². The molecule has 1 amide bonds. The third kappa shape index (κ3) is 3.43. The number of ether oxygens (including phenoxy) is 2. The lowest BCUT2D eigenvalue weighted by Gasteiger charge is -2.25. The molecule has 2 N–H and O–H groups in total. The van der Waals surface area contributed by atoms with Crippen molar-refractivity contribution in [1.82, 2.24) is 15.3 Å². The molecule has 22 heavy (non-hydrogen) atoms. The molecule has 7 nitrogen and oxygen atoms in total. The number of fused-ring (bicyclic) bond motifs is 1. The normalized spacial score (nSPS) is 15.9. The minimum atomic E-state index is -0.636. The molecule has 0 bridgehead atoms. The Morgan fingerprint density at radius 3 is 2.73 bits per heavy atom. The minimum Gasteiger partial charge on any atom is -0.485 e. The van der Waals surface area contributed by atoms with Gasteiger partial charge in [-0.15, -0.1) is 0 Å². The van der Waals surface area contributed by atoms with Gasteiger partial charge in [0.05, 0.1) is 0 Å². The van der Waals surface area contributed by atoms with Crippen molar-refractivity contribution in [2.75, 3.05) is 25.0 Å². The van der Waals surface area contributed by atoms with Gasteiger partial charge in [-0.25, -0.2) is 9.97 Å². The van der Waals surface area contributed by atoms with Crippen LogP contribution in [-0.2, 0) is 4.79 Å². The number of benzene rings is 1. The van der Waals surface area contributed by atoms with Gasteiger partial charge in [0.15, 0.2) is 11.5 Å². The van der Waals surface area contributed by atoms with Gasteiger partial charge in [0.2, 0.25) is 12.1 Å². The van der Waals surface area contributed by atoms with E-state index in [1.807, 2.05) is 18.2 Å². The molecule has 1 aromatic carbocycles. The Balaban J connectivity index is 1.43. The third-order valence-corrected chi connectivity index (χ3v) is 3.07. The maximum atomic E-state index is 12.0. The Kier molecular flexibility index (Phi) is 4.33. The molecule has 0 aliphatic carbocycles. The Bertz CT molecular complexity index is 636. The van der Waals surface area contributed by atoms with Gasteiger partial charge in [-0.05, 0) is 18.2 Å². The van der Waals surface area contributed by atoms with Crippen LogP contribution in [0.4, 0.5) is 5.95 Å². The van der Waals surface area contributed by atoms with Crippen LogP contribution in [-0.4, -0.2) is 41.7 Å². The summed E-state index contributed by atoms with van der Waals surface area (Å²) in [6, 6.07) is 9.04. The van der Waals surface area contributed by atoms with E-state index in [9.17, 15) is 4.79 Å². The highest BCUT2D eigenvalue weighted by molar-refractivity contribution is 5.81. The van der Waals surface area contributed by atoms with E-state index in [0.29, 0.717) is 30.5 Å². The number of para-hydroxylation sites is 2. The van der Waals surface area contributed by atoms with Crippen molar-refractivity contribution < 1.29 is 14.3 Å². The van der Waals surface area contributed by atoms with E-state index in [0.717, 1.165) is 0 Å². The SMILES string of the molecule is O=C(NCCNc1ncccn1)[C@H]1COc2ccccc2O1. The van der Waals surface area contributed by atoms with Gasteiger partial charge >= 0.3 is 0 Å². The quantitative estimate of drug-likeness (QED) is 0.796. The number of amides is 1. The second-order valence-corrected chi connectivity index (χ2v) is 4.65. The highest BCUT2D eigenvalue weighted by Crippen LogP contribution is 2.30. The number of hydrogen-bond donors (Lipinski definition) is 2. The number of aromatic nitrogens is 2. The zero-order valence-electron chi connectivity index (χ0n) is 11.9. The number of nitrogens with one attached hydrogen (secondary N) is 2. The van der Waals surface area contributed by atoms with Gasteiger partial charge in [-0.3, -0.25) is 4.79 Å². The molecule has 7 heteroatoms. The van der Waals surface area contributed by atoms with Crippen molar-refractivity contribution >= 4 is 11.9 Å². The van der Waals surface area contributed by atoms with Crippen molar-refractivity contribution in [2.45, 2.75) is 6.10 Å². The summed E-state index contributed by atoms with van der Waals surface area (Å²) in [6.07, 6.45) is 2.67. The monoisotopic (exact) mass is 300 g/mol. The first-order chi connectivity index (χ1) is 10.8. The number of carbonyl (C=O) groups excluding carboxylic acids is 1. The number of nitrogens with zero attached hydrogens (tertiary/aromatic N) is 2. The maximum Gasteiger partial charge on any atom is 0.264 e. The van der Waals surface area contributed by atoms with Gasteiger partial charge in [0.25, 0.3) is 5.91 Å². The Labute approximate surface area is 127 Å². The van der Waals surface area contributed by atoms with Gasteiger partial charge in [0.1, 0.15) is 6.61 Å². The number of anilines is 1. The first-order valence-electron chi connectivity index (χ1n) is 7.00. The van der Waals surface area contributed by atoms with Gasteiger partial charge < -0.3 is 20.1 Å². The first-order valence-corrected chi connectivity index (χ1v) is 7.00. The summed E-state index contributed by atoms with van der Waals surface area (Å²) in [5.41, 5.74) is 0. The predicted octanol–water partition coefficient (Wildman–Crippen LogP) is 0.845. The number of hydrogen-bond acceptors (Lipinski definition) is 6. The van der Waals surface area contributed by atoms with Gasteiger partial charge in [-0.2, -0.15) is 0 Å². The Morgan fingerprint density at radius 2 is 1.91 bits per heavy atom. The molecule has 114 valence electrons. The van der Waals surface area contributed by atoms with Crippen LogP contribution in [0.25, 0.3) is 0 Å². The Morgan fingerprint density at radius 1 is 1.14 bits per heavy atom. The van der Waals surface area contributed by atoms with Crippen LogP contribution in [0.1, 0.15) is 0 Å². The summed E-state index contributed by atoms with van der Waals surface area (Å²) in [6.45, 7) is 1.18. The van der Waals surface area contributed by atoms with Crippen molar-refractivity contribution in [3.8, 4) is 11.5 Å². The highest BCUT2D eigenvalue weighted by Gasteiger charge is 2.26. The molecule has 1 aliphatic rings. The predicted molar refractivity (Wildman–Crippen MR) is 79.9 cm³/mol. The first kappa shape index (κ1) is 14.1. The molecule has 0 saturated heterocycles. The van der Waals surface area contributed by atoms with Crippen LogP contribution in [0.3, 0.4) is 0 Å². The molecular weight excluding hydrogens is 284 g/mol. The third-order valence-electron chi connectivity index (χ3n) is 3.07. The van der Waals surface area contributed by atoms with Gasteiger partial charge in [0, 0.05) is 25.5 Å². The fourth-order valence-electron chi connectivity index (χ4n) is 2.01. The lowest BCUT2D eigenvalue weighted by Crippen LogP contribution is -2.45. The van der Waals surface area contributed by atoms with Crippen molar-refractivity contribution in [2.24, 2.45) is 0 Å². The number of carbonyl (C=O) groups is 1. The summed E-state index contributed by atoms with van der Waals surface area (Å²) >= 11 is 0. The van der Waals surface area contributed by atoms with Gasteiger partial charge in [-0.1, -0.05) is 12.1 Å². The molecule has 1 aliphatic heterocycles. The largest absolute Gasteiger partial charge is 0.485 e.